The van der Waals surface area contributed by atoms with Gasteiger partial charge in [0.25, 0.3) is 0 Å². The van der Waals surface area contributed by atoms with Crippen molar-refractivity contribution in [1.82, 2.24) is 9.97 Å². The van der Waals surface area contributed by atoms with Gasteiger partial charge in [-0.05, 0) is 43.2 Å². The average molecular weight is 404 g/mol. The lowest BCUT2D eigenvalue weighted by Gasteiger charge is -2.22. The smallest absolute Gasteiger partial charge is 0.227 e. The summed E-state index contributed by atoms with van der Waals surface area (Å²) in [5.41, 5.74) is 9.76. The molecule has 0 aliphatic carbocycles. The molecule has 1 fully saturated rings. The minimum absolute atomic E-state index is 0.207. The van der Waals surface area contributed by atoms with Gasteiger partial charge in [-0.2, -0.15) is 4.98 Å². The zero-order chi connectivity index (χ0) is 20.9. The Morgan fingerprint density at radius 2 is 1.80 bits per heavy atom. The average Bonchev–Trinajstić information content (AvgIpc) is 3.04. The largest absolute Gasteiger partial charge is 0.508 e. The first-order chi connectivity index (χ1) is 14.6. The highest BCUT2D eigenvalue weighted by Gasteiger charge is 2.16. The van der Waals surface area contributed by atoms with Crippen LogP contribution in [0.25, 0.3) is 11.3 Å². The standard InChI is InChI=1S/C23H26N6O/c24-15-17-12-18(8-9-20(17)25)26-22-14-21(16-6-5-7-19(30)13-16)27-23(28-22)29-10-3-1-2-4-11-29/h5-9,12-15,24,30H,1-4,10-11,25H2,(H,26,27,28)/p+1. The number of anilines is 4. The van der Waals surface area contributed by atoms with E-state index in [-0.39, 0.29) is 5.75 Å². The molecule has 0 amide bonds. The highest BCUT2D eigenvalue weighted by atomic mass is 16.3. The van der Waals surface area contributed by atoms with E-state index in [9.17, 15) is 5.11 Å². The second-order valence-corrected chi connectivity index (χ2v) is 7.53. The molecule has 6 N–H and O–H groups in total. The molecular weight excluding hydrogens is 376 g/mol. The normalized spacial score (nSPS) is 14.2. The van der Waals surface area contributed by atoms with Gasteiger partial charge in [0.2, 0.25) is 5.95 Å². The van der Waals surface area contributed by atoms with E-state index in [2.05, 4.69) is 10.2 Å². The number of aromatic hydroxyl groups is 1. The van der Waals surface area contributed by atoms with Gasteiger partial charge in [0.15, 0.2) is 6.21 Å². The van der Waals surface area contributed by atoms with Crippen molar-refractivity contribution in [3.8, 4) is 17.0 Å². The van der Waals surface area contributed by atoms with Gasteiger partial charge < -0.3 is 21.1 Å². The lowest BCUT2D eigenvalue weighted by Crippen LogP contribution is -2.30. The molecule has 0 spiro atoms. The number of rotatable bonds is 5. The van der Waals surface area contributed by atoms with Crippen molar-refractivity contribution in [2.75, 3.05) is 29.0 Å². The van der Waals surface area contributed by atoms with E-state index < -0.39 is 0 Å². The Hall–Kier alpha value is -3.61. The molecule has 0 atom stereocenters. The van der Waals surface area contributed by atoms with Crippen molar-refractivity contribution in [2.45, 2.75) is 25.7 Å². The molecule has 0 radical (unpaired) electrons. The van der Waals surface area contributed by atoms with E-state index in [1.54, 1.807) is 12.1 Å². The van der Waals surface area contributed by atoms with Crippen LogP contribution < -0.4 is 21.4 Å². The molecule has 0 saturated carbocycles. The zero-order valence-electron chi connectivity index (χ0n) is 16.9. The number of nitrogens with zero attached hydrogens (tertiary/aromatic N) is 3. The summed E-state index contributed by atoms with van der Waals surface area (Å²) >= 11 is 0. The molecule has 154 valence electrons. The van der Waals surface area contributed by atoms with Crippen molar-refractivity contribution in [3.63, 3.8) is 0 Å². The third-order valence-electron chi connectivity index (χ3n) is 5.28. The SMILES string of the molecule is Nc1ccc(Nc2cc(-c3cccc(O)c3)nc(N3CCCCCC3)n2)cc1C=[NH2+]. The molecule has 1 aliphatic heterocycles. The number of hydrogen-bond acceptors (Lipinski definition) is 6. The van der Waals surface area contributed by atoms with Crippen LogP contribution in [0.4, 0.5) is 23.1 Å². The lowest BCUT2D eigenvalue weighted by atomic mass is 10.1. The fourth-order valence-electron chi connectivity index (χ4n) is 3.67. The first kappa shape index (κ1) is 19.7. The van der Waals surface area contributed by atoms with Crippen LogP contribution in [0.5, 0.6) is 5.75 Å². The summed E-state index contributed by atoms with van der Waals surface area (Å²) in [6, 6.07) is 14.6. The van der Waals surface area contributed by atoms with Crippen molar-refractivity contribution >= 4 is 29.4 Å². The predicted molar refractivity (Wildman–Crippen MR) is 121 cm³/mol. The van der Waals surface area contributed by atoms with Gasteiger partial charge in [-0.3, -0.25) is 5.41 Å². The van der Waals surface area contributed by atoms with Crippen LogP contribution in [-0.4, -0.2) is 34.4 Å². The van der Waals surface area contributed by atoms with E-state index in [0.29, 0.717) is 17.5 Å². The number of nitrogens with two attached hydrogens (primary N) is 2. The van der Waals surface area contributed by atoms with E-state index in [4.69, 9.17) is 21.1 Å². The van der Waals surface area contributed by atoms with E-state index in [0.717, 1.165) is 48.4 Å². The third-order valence-corrected chi connectivity index (χ3v) is 5.28. The van der Waals surface area contributed by atoms with Crippen LogP contribution in [0.15, 0.2) is 48.5 Å². The predicted octanol–water partition coefficient (Wildman–Crippen LogP) is 2.73. The second kappa shape index (κ2) is 8.82. The maximum absolute atomic E-state index is 9.92. The molecule has 0 unspecified atom stereocenters. The molecule has 7 nitrogen and oxygen atoms in total. The van der Waals surface area contributed by atoms with Gasteiger partial charge in [-0.25, -0.2) is 4.98 Å². The fraction of sp³-hybridized carbons (Fsp3) is 0.261. The van der Waals surface area contributed by atoms with Crippen LogP contribution in [0.2, 0.25) is 0 Å². The van der Waals surface area contributed by atoms with Crippen molar-refractivity contribution < 1.29 is 10.5 Å². The Labute approximate surface area is 176 Å². The van der Waals surface area contributed by atoms with Crippen LogP contribution in [0.1, 0.15) is 31.2 Å². The second-order valence-electron chi connectivity index (χ2n) is 7.53. The molecule has 2 heterocycles. The van der Waals surface area contributed by atoms with Gasteiger partial charge in [0.05, 0.1) is 11.3 Å². The fourth-order valence-corrected chi connectivity index (χ4v) is 3.67. The van der Waals surface area contributed by atoms with Crippen LogP contribution in [0, 0.1) is 0 Å². The summed E-state index contributed by atoms with van der Waals surface area (Å²) in [7, 11) is 0. The third kappa shape index (κ3) is 4.51. The van der Waals surface area contributed by atoms with Crippen LogP contribution in [0.3, 0.4) is 0 Å². The van der Waals surface area contributed by atoms with Gasteiger partial charge in [0, 0.05) is 36.1 Å². The molecule has 1 saturated heterocycles. The summed E-state index contributed by atoms with van der Waals surface area (Å²) in [6.45, 7) is 1.88. The number of phenolic OH excluding ortho intramolecular Hbond substituents is 1. The Bertz CT molecular complexity index is 1040. The van der Waals surface area contributed by atoms with E-state index in [1.165, 1.54) is 19.1 Å². The molecule has 1 aliphatic rings. The van der Waals surface area contributed by atoms with E-state index in [1.807, 2.05) is 36.4 Å². The Balaban J connectivity index is 1.73. The Morgan fingerprint density at radius 1 is 1.00 bits per heavy atom. The number of phenols is 1. The molecule has 7 heteroatoms. The Morgan fingerprint density at radius 3 is 2.53 bits per heavy atom. The quantitative estimate of drug-likeness (QED) is 0.385. The minimum Gasteiger partial charge on any atom is -0.508 e. The van der Waals surface area contributed by atoms with Crippen molar-refractivity contribution in [1.29, 1.82) is 0 Å². The summed E-state index contributed by atoms with van der Waals surface area (Å²) in [5.74, 6) is 1.58. The molecule has 30 heavy (non-hydrogen) atoms. The number of nitrogens with one attached hydrogen (secondary N) is 1. The summed E-state index contributed by atoms with van der Waals surface area (Å²) in [4.78, 5) is 11.8. The first-order valence-corrected chi connectivity index (χ1v) is 10.3. The molecule has 4 rings (SSSR count). The summed E-state index contributed by atoms with van der Waals surface area (Å²) in [6.07, 6.45) is 6.23. The van der Waals surface area contributed by atoms with Gasteiger partial charge >= 0.3 is 0 Å². The zero-order valence-corrected chi connectivity index (χ0v) is 16.9. The molecule has 3 aromatic rings. The molecular formula is C23H27N6O+. The number of aromatic nitrogens is 2. The lowest BCUT2D eigenvalue weighted by molar-refractivity contribution is -0.104. The molecule has 2 aromatic carbocycles. The highest BCUT2D eigenvalue weighted by molar-refractivity contribution is 5.85. The number of nitrogen functional groups attached to an aromatic ring is 1. The molecule has 0 bridgehead atoms. The number of hydrogen-bond donors (Lipinski definition) is 4. The van der Waals surface area contributed by atoms with Crippen molar-refractivity contribution in [3.05, 3.63) is 54.1 Å². The first-order valence-electron chi connectivity index (χ1n) is 10.3. The highest BCUT2D eigenvalue weighted by Crippen LogP contribution is 2.28. The maximum atomic E-state index is 9.92. The Kier molecular flexibility index (Phi) is 5.79. The van der Waals surface area contributed by atoms with Crippen LogP contribution >= 0.6 is 0 Å². The molecule has 1 aromatic heterocycles. The summed E-state index contributed by atoms with van der Waals surface area (Å²) in [5, 5.41) is 19.0. The minimum atomic E-state index is 0.207. The van der Waals surface area contributed by atoms with Crippen molar-refractivity contribution in [2.24, 2.45) is 0 Å². The van der Waals surface area contributed by atoms with Gasteiger partial charge in [-0.1, -0.05) is 25.0 Å². The van der Waals surface area contributed by atoms with E-state index >= 15 is 0 Å². The summed E-state index contributed by atoms with van der Waals surface area (Å²) < 4.78 is 0. The topological polar surface area (TPSA) is 113 Å². The maximum Gasteiger partial charge on any atom is 0.227 e. The van der Waals surface area contributed by atoms with Crippen LogP contribution in [-0.2, 0) is 0 Å². The number of benzene rings is 2. The van der Waals surface area contributed by atoms with Gasteiger partial charge in [-0.15, -0.1) is 0 Å². The monoisotopic (exact) mass is 403 g/mol. The van der Waals surface area contributed by atoms with Gasteiger partial charge in [0.1, 0.15) is 11.6 Å².